The SMILES string of the molecule is CC(=O)N(c1cccc(C)c1)c1nc(CSc2nccn2-c2cccc(C)c2C)cs1. The predicted octanol–water partition coefficient (Wildman–Crippen LogP) is 6.23. The standard InChI is InChI=1S/C24H24N4OS2/c1-16-7-5-9-21(13-16)28(19(4)29)24-26-20(15-31-24)14-30-23-25-11-12-27(23)22-10-6-8-17(2)18(22)3/h5-13,15H,14H2,1-4H3. The minimum absolute atomic E-state index is 0.0513. The summed E-state index contributed by atoms with van der Waals surface area (Å²) in [5.74, 6) is 0.627. The van der Waals surface area contributed by atoms with Gasteiger partial charge in [-0.2, -0.15) is 0 Å². The molecule has 4 rings (SSSR count). The lowest BCUT2D eigenvalue weighted by Gasteiger charge is -2.18. The fourth-order valence-corrected chi connectivity index (χ4v) is 5.23. The summed E-state index contributed by atoms with van der Waals surface area (Å²) in [6, 6.07) is 14.2. The van der Waals surface area contributed by atoms with E-state index in [2.05, 4.69) is 41.6 Å². The van der Waals surface area contributed by atoms with Gasteiger partial charge in [0.1, 0.15) is 0 Å². The van der Waals surface area contributed by atoms with E-state index < -0.39 is 0 Å². The van der Waals surface area contributed by atoms with Crippen LogP contribution in [0.25, 0.3) is 5.69 Å². The highest BCUT2D eigenvalue weighted by molar-refractivity contribution is 7.98. The third-order valence-corrected chi connectivity index (χ3v) is 6.97. The van der Waals surface area contributed by atoms with E-state index in [1.165, 1.54) is 22.5 Å². The van der Waals surface area contributed by atoms with E-state index in [-0.39, 0.29) is 5.91 Å². The lowest BCUT2D eigenvalue weighted by atomic mass is 10.1. The number of thioether (sulfide) groups is 1. The van der Waals surface area contributed by atoms with Crippen LogP contribution < -0.4 is 4.90 Å². The van der Waals surface area contributed by atoms with Gasteiger partial charge in [0.15, 0.2) is 10.3 Å². The quantitative estimate of drug-likeness (QED) is 0.328. The molecule has 0 unspecified atom stereocenters. The van der Waals surface area contributed by atoms with Gasteiger partial charge >= 0.3 is 0 Å². The highest BCUT2D eigenvalue weighted by Gasteiger charge is 2.18. The Bertz CT molecular complexity index is 1230. The number of carbonyl (C=O) groups is 1. The van der Waals surface area contributed by atoms with Crippen molar-refractivity contribution in [1.82, 2.24) is 14.5 Å². The third kappa shape index (κ3) is 4.57. The zero-order valence-electron chi connectivity index (χ0n) is 18.0. The number of thiazole rings is 1. The molecule has 0 radical (unpaired) electrons. The highest BCUT2D eigenvalue weighted by Crippen LogP contribution is 2.32. The molecule has 0 saturated carbocycles. The lowest BCUT2D eigenvalue weighted by Crippen LogP contribution is -2.22. The van der Waals surface area contributed by atoms with Crippen LogP contribution in [0.4, 0.5) is 10.8 Å². The van der Waals surface area contributed by atoms with Gasteiger partial charge in [-0.25, -0.2) is 9.97 Å². The maximum absolute atomic E-state index is 12.3. The third-order valence-electron chi connectivity index (χ3n) is 5.10. The number of rotatable bonds is 6. The summed E-state index contributed by atoms with van der Waals surface area (Å²) >= 11 is 3.12. The lowest BCUT2D eigenvalue weighted by molar-refractivity contribution is -0.115. The van der Waals surface area contributed by atoms with Gasteiger partial charge < -0.3 is 0 Å². The minimum atomic E-state index is -0.0513. The molecule has 7 heteroatoms. The van der Waals surface area contributed by atoms with Crippen LogP contribution in [0.1, 0.15) is 29.3 Å². The molecule has 2 aromatic carbocycles. The zero-order valence-corrected chi connectivity index (χ0v) is 19.6. The Kier molecular flexibility index (Phi) is 6.25. The van der Waals surface area contributed by atoms with Gasteiger partial charge in [0.2, 0.25) is 5.91 Å². The average molecular weight is 449 g/mol. The van der Waals surface area contributed by atoms with Crippen LogP contribution in [0.2, 0.25) is 0 Å². The van der Waals surface area contributed by atoms with Gasteiger partial charge in [0.05, 0.1) is 17.1 Å². The first kappa shape index (κ1) is 21.3. The second kappa shape index (κ2) is 9.08. The van der Waals surface area contributed by atoms with Crippen LogP contribution in [-0.4, -0.2) is 20.4 Å². The van der Waals surface area contributed by atoms with Crippen molar-refractivity contribution in [3.63, 3.8) is 0 Å². The second-order valence-corrected chi connectivity index (χ2v) is 9.18. The number of carbonyl (C=O) groups excluding carboxylic acids is 1. The summed E-state index contributed by atoms with van der Waals surface area (Å²) < 4.78 is 2.12. The Labute approximate surface area is 190 Å². The first-order valence-electron chi connectivity index (χ1n) is 9.98. The number of aromatic nitrogens is 3. The van der Waals surface area contributed by atoms with E-state index in [4.69, 9.17) is 4.98 Å². The van der Waals surface area contributed by atoms with Crippen molar-refractivity contribution in [2.24, 2.45) is 0 Å². The molecule has 2 heterocycles. The van der Waals surface area contributed by atoms with E-state index >= 15 is 0 Å². The molecule has 0 spiro atoms. The van der Waals surface area contributed by atoms with E-state index in [0.717, 1.165) is 27.8 Å². The summed E-state index contributed by atoms with van der Waals surface area (Å²) in [5, 5.41) is 3.62. The number of benzene rings is 2. The van der Waals surface area contributed by atoms with Gasteiger partial charge in [0, 0.05) is 30.5 Å². The van der Waals surface area contributed by atoms with Crippen molar-refractivity contribution in [2.45, 2.75) is 38.6 Å². The monoisotopic (exact) mass is 448 g/mol. The maximum atomic E-state index is 12.3. The van der Waals surface area contributed by atoms with Crippen LogP contribution in [0.5, 0.6) is 0 Å². The molecule has 0 saturated heterocycles. The van der Waals surface area contributed by atoms with Crippen molar-refractivity contribution < 1.29 is 4.79 Å². The summed E-state index contributed by atoms with van der Waals surface area (Å²) in [6.07, 6.45) is 3.82. The smallest absolute Gasteiger partial charge is 0.230 e. The van der Waals surface area contributed by atoms with Crippen molar-refractivity contribution in [1.29, 1.82) is 0 Å². The number of nitrogens with zero attached hydrogens (tertiary/aromatic N) is 4. The molecule has 158 valence electrons. The first-order chi connectivity index (χ1) is 14.9. The Morgan fingerprint density at radius 1 is 1.16 bits per heavy atom. The topological polar surface area (TPSA) is 51.0 Å². The Morgan fingerprint density at radius 2 is 1.97 bits per heavy atom. The van der Waals surface area contributed by atoms with Crippen LogP contribution in [0, 0.1) is 20.8 Å². The highest BCUT2D eigenvalue weighted by atomic mass is 32.2. The Balaban J connectivity index is 1.54. The van der Waals surface area contributed by atoms with Crippen LogP contribution in [0.15, 0.2) is 65.4 Å². The largest absolute Gasteiger partial charge is 0.295 e. The number of hydrogen-bond acceptors (Lipinski definition) is 5. The molecule has 0 aliphatic carbocycles. The molecule has 2 aromatic heterocycles. The second-order valence-electron chi connectivity index (χ2n) is 7.40. The fourth-order valence-electron chi connectivity index (χ4n) is 3.37. The van der Waals surface area contributed by atoms with Gasteiger partial charge in [-0.15, -0.1) is 11.3 Å². The molecular formula is C24H24N4OS2. The van der Waals surface area contributed by atoms with Gasteiger partial charge in [-0.1, -0.05) is 36.0 Å². The number of anilines is 2. The molecule has 0 aliphatic heterocycles. The molecule has 1 amide bonds. The number of aryl methyl sites for hydroxylation is 2. The van der Waals surface area contributed by atoms with E-state index in [1.807, 2.05) is 49.0 Å². The number of amides is 1. The molecule has 0 aliphatic rings. The molecule has 5 nitrogen and oxygen atoms in total. The van der Waals surface area contributed by atoms with E-state index in [1.54, 1.807) is 23.6 Å². The number of imidazole rings is 1. The molecule has 0 N–H and O–H groups in total. The minimum Gasteiger partial charge on any atom is -0.295 e. The van der Waals surface area contributed by atoms with Gasteiger partial charge in [-0.3, -0.25) is 14.3 Å². The predicted molar refractivity (Wildman–Crippen MR) is 129 cm³/mol. The first-order valence-corrected chi connectivity index (χ1v) is 11.8. The van der Waals surface area contributed by atoms with Crippen LogP contribution >= 0.6 is 23.1 Å². The summed E-state index contributed by atoms with van der Waals surface area (Å²) in [5.41, 5.74) is 6.52. The maximum Gasteiger partial charge on any atom is 0.230 e. The van der Waals surface area contributed by atoms with Crippen molar-refractivity contribution in [2.75, 3.05) is 4.90 Å². The fraction of sp³-hybridized carbons (Fsp3) is 0.208. The summed E-state index contributed by atoms with van der Waals surface area (Å²) in [4.78, 5) is 23.3. The molecule has 31 heavy (non-hydrogen) atoms. The molecule has 0 bridgehead atoms. The van der Waals surface area contributed by atoms with Crippen molar-refractivity contribution in [3.05, 3.63) is 82.6 Å². The van der Waals surface area contributed by atoms with E-state index in [9.17, 15) is 4.79 Å². The van der Waals surface area contributed by atoms with Crippen molar-refractivity contribution in [3.8, 4) is 5.69 Å². The average Bonchev–Trinajstić information content (AvgIpc) is 3.38. The summed E-state index contributed by atoms with van der Waals surface area (Å²) in [6.45, 7) is 7.84. The molecule has 0 fully saturated rings. The Hall–Kier alpha value is -2.90. The van der Waals surface area contributed by atoms with Crippen LogP contribution in [0.3, 0.4) is 0 Å². The summed E-state index contributed by atoms with van der Waals surface area (Å²) in [7, 11) is 0. The normalized spacial score (nSPS) is 11.0. The van der Waals surface area contributed by atoms with Crippen molar-refractivity contribution >= 4 is 39.8 Å². The van der Waals surface area contributed by atoms with Gasteiger partial charge in [-0.05, 0) is 55.7 Å². The molecule has 4 aromatic rings. The van der Waals surface area contributed by atoms with Crippen LogP contribution in [-0.2, 0) is 10.5 Å². The van der Waals surface area contributed by atoms with E-state index in [0.29, 0.717) is 10.9 Å². The number of hydrogen-bond donors (Lipinski definition) is 0. The molecular weight excluding hydrogens is 424 g/mol. The molecule has 0 atom stereocenters. The Morgan fingerprint density at radius 3 is 2.74 bits per heavy atom. The van der Waals surface area contributed by atoms with Gasteiger partial charge in [0.25, 0.3) is 0 Å². The zero-order chi connectivity index (χ0) is 22.0.